The number of halogens is 24. The normalized spacial score (nSPS) is 11.6. The van der Waals surface area contributed by atoms with Crippen LogP contribution in [0.3, 0.4) is 0 Å². The van der Waals surface area contributed by atoms with Crippen molar-refractivity contribution < 1.29 is 121 Å². The summed E-state index contributed by atoms with van der Waals surface area (Å²) in [5.41, 5.74) is 2.57. The molecular formula is C70H45F24GaO2S2. The third-order valence-electron chi connectivity index (χ3n) is 10.2. The quantitative estimate of drug-likeness (QED) is 0.0634. The van der Waals surface area contributed by atoms with Gasteiger partial charge >= 0.3 is 203 Å². The van der Waals surface area contributed by atoms with E-state index in [2.05, 4.69) is 236 Å². The van der Waals surface area contributed by atoms with Crippen LogP contribution in [0.1, 0.15) is 29.7 Å². The molecule has 5 aromatic carbocycles. The molecule has 29 heteroatoms. The number of alkyl halides is 24. The van der Waals surface area contributed by atoms with Gasteiger partial charge in [-0.3, -0.25) is 0 Å². The van der Waals surface area contributed by atoms with E-state index < -0.39 is 64.4 Å². The molecule has 0 saturated heterocycles. The topological polar surface area (TPSA) is 18.5 Å². The van der Waals surface area contributed by atoms with E-state index in [1.54, 1.807) is 11.8 Å². The van der Waals surface area contributed by atoms with E-state index in [1.165, 1.54) is 35.6 Å². The summed E-state index contributed by atoms with van der Waals surface area (Å²) in [7, 11) is -0.244. The molecule has 1 unspecified atom stereocenters. The summed E-state index contributed by atoms with van der Waals surface area (Å²) in [4.78, 5) is 6.37. The van der Waals surface area contributed by atoms with E-state index >= 15 is 0 Å². The number of rotatable bonds is 9. The predicted octanol–water partition coefficient (Wildman–Crippen LogP) is 20.5. The maximum absolute atomic E-state index is 10.4. The Morgan fingerprint density at radius 2 is 0.747 bits per heavy atom. The van der Waals surface area contributed by atoms with E-state index in [4.69, 9.17) is 35.2 Å². The molecule has 520 valence electrons. The van der Waals surface area contributed by atoms with Crippen molar-refractivity contribution in [2.45, 2.75) is 101 Å². The Morgan fingerprint density at radius 3 is 1.10 bits per heavy atom. The molecule has 2 nitrogen and oxygen atoms in total. The first kappa shape index (κ1) is 86.6. The first-order valence-corrected chi connectivity index (χ1v) is 32.9. The van der Waals surface area contributed by atoms with Gasteiger partial charge in [-0.2, -0.15) is 105 Å². The molecule has 6 rings (SSSR count). The Balaban J connectivity index is -0.000000680. The molecule has 5 aromatic rings. The summed E-state index contributed by atoms with van der Waals surface area (Å²) in [6, 6.07) is 42.5. The van der Waals surface area contributed by atoms with E-state index in [1.807, 2.05) is 30.3 Å². The van der Waals surface area contributed by atoms with Gasteiger partial charge in [0.2, 0.25) is 0 Å². The second-order valence-corrected chi connectivity index (χ2v) is 26.8. The van der Waals surface area contributed by atoms with Gasteiger partial charge in [-0.15, -0.1) is 0 Å². The van der Waals surface area contributed by atoms with Gasteiger partial charge in [-0.25, -0.2) is 0 Å². The minimum atomic E-state index is -6.06. The zero-order valence-corrected chi connectivity index (χ0v) is 53.8. The largest absolute Gasteiger partial charge is 0.487 e. The van der Waals surface area contributed by atoms with Gasteiger partial charge in [0.05, 0.1) is 10.9 Å². The Morgan fingerprint density at radius 1 is 0.394 bits per heavy atom. The molecule has 1 aliphatic rings. The minimum Gasteiger partial charge on any atom is -0.462 e. The van der Waals surface area contributed by atoms with Gasteiger partial charge in [0.1, 0.15) is 23.0 Å². The van der Waals surface area contributed by atoms with Crippen LogP contribution in [0.5, 0.6) is 17.2 Å². The van der Waals surface area contributed by atoms with E-state index in [0.717, 1.165) is 35.8 Å². The second-order valence-electron chi connectivity index (χ2n) is 17.7. The van der Waals surface area contributed by atoms with Crippen LogP contribution < -0.4 is 9.47 Å². The molecule has 0 N–H and O–H groups in total. The van der Waals surface area contributed by atoms with Crippen molar-refractivity contribution in [3.05, 3.63) is 156 Å². The summed E-state index contributed by atoms with van der Waals surface area (Å²) in [6.45, 7) is 4.41. The van der Waals surface area contributed by atoms with Crippen LogP contribution in [0.4, 0.5) is 105 Å². The van der Waals surface area contributed by atoms with Crippen LogP contribution >= 0.6 is 11.8 Å². The van der Waals surface area contributed by atoms with E-state index in [0.29, 0.717) is 0 Å². The van der Waals surface area contributed by atoms with Crippen molar-refractivity contribution in [2.24, 2.45) is 0 Å². The van der Waals surface area contributed by atoms with Gasteiger partial charge in [0.15, 0.2) is 14.7 Å². The summed E-state index contributed by atoms with van der Waals surface area (Å²) in [5.74, 6) is 42.1. The van der Waals surface area contributed by atoms with Crippen molar-refractivity contribution in [2.75, 3.05) is 0 Å². The summed E-state index contributed by atoms with van der Waals surface area (Å²) >= 11 is -2.12. The third-order valence-corrected chi connectivity index (χ3v) is 18.6. The number of terminal acetylenes is 4. The fraction of sp³-hybridized carbons (Fsp3) is 0.171. The zero-order chi connectivity index (χ0) is 75.4. The zero-order valence-electron chi connectivity index (χ0n) is 49.8. The Bertz CT molecular complexity index is 3970. The van der Waals surface area contributed by atoms with Crippen LogP contribution in [0.25, 0.3) is 0 Å². The van der Waals surface area contributed by atoms with Gasteiger partial charge in [-0.05, 0) is 117 Å². The number of aryl methyl sites for hydroxylation is 2. The van der Waals surface area contributed by atoms with Crippen molar-refractivity contribution in [1.82, 2.24) is 0 Å². The van der Waals surface area contributed by atoms with Crippen molar-refractivity contribution in [3.63, 3.8) is 0 Å². The Hall–Kier alpha value is -10.4. The molecule has 0 amide bonds. The van der Waals surface area contributed by atoms with Crippen LogP contribution in [0.15, 0.2) is 170 Å². The predicted molar refractivity (Wildman–Crippen MR) is 335 cm³/mol. The Labute approximate surface area is 568 Å². The second kappa shape index (κ2) is 40.3. The van der Waals surface area contributed by atoms with E-state index in [-0.39, 0.29) is 16.6 Å². The maximum atomic E-state index is 10.4. The molecule has 0 aromatic heterocycles. The maximum Gasteiger partial charge on any atom is 0.487 e. The fourth-order valence-corrected chi connectivity index (χ4v) is 12.4. The molecule has 0 radical (unpaired) electrons. The molecule has 0 heterocycles. The van der Waals surface area contributed by atoms with Crippen LogP contribution in [0.2, 0.25) is 0 Å². The van der Waals surface area contributed by atoms with Gasteiger partial charge in [0.25, 0.3) is 0 Å². The average molecular weight is 1510 g/mol. The fourth-order valence-electron chi connectivity index (χ4n) is 5.89. The molecule has 0 spiro atoms. The van der Waals surface area contributed by atoms with Gasteiger partial charge in [0, 0.05) is 27.5 Å². The van der Waals surface area contributed by atoms with Crippen molar-refractivity contribution in [1.29, 1.82) is 0 Å². The molecule has 0 fully saturated rings. The number of para-hydroxylation sites is 1. The SMILES string of the molecule is C#CC#CC#[C][Ga-]([C]#CC#CC#C)([C]#CC#CC#C)[C]#CC#CC#C.Cc1cc([S+](c2ccc(Oc3ccccc3)cc2)c2ccccc2C)ccc1Sc1ccc(OC2=CC=CCC2)cc1.FC(F)(F)C(F)(F)F.FC(F)(F)C(F)(F)F.FC(F)(F)C(F)(F)F.FC(F)(F)C(F)(F)F.[HH].[HH].[HH].[HH]. The summed E-state index contributed by atoms with van der Waals surface area (Å²) in [5, 5.41) is 0. The first-order chi connectivity index (χ1) is 45.9. The number of benzene rings is 5. The first-order valence-electron chi connectivity index (χ1n) is 26.0. The average Bonchev–Trinajstić information content (AvgIpc) is 0.790. The van der Waals surface area contributed by atoms with Gasteiger partial charge < -0.3 is 9.47 Å². The van der Waals surface area contributed by atoms with Crippen molar-refractivity contribution in [3.8, 4) is 156 Å². The van der Waals surface area contributed by atoms with Crippen molar-refractivity contribution >= 4 is 37.7 Å². The monoisotopic (exact) mass is 1510 g/mol. The molecule has 1 atom stereocenters. The molecule has 0 saturated carbocycles. The number of hydrogen-bond donors (Lipinski definition) is 0. The number of hydrogen-bond acceptors (Lipinski definition) is 3. The van der Waals surface area contributed by atoms with Crippen LogP contribution in [0, 0.1) is 152 Å². The molecule has 1 aliphatic carbocycles. The Kier molecular flexibility index (Phi) is 35.3. The molecular weight excluding hydrogens is 1460 g/mol. The van der Waals surface area contributed by atoms with Gasteiger partial charge in [-0.1, -0.05) is 60.3 Å². The van der Waals surface area contributed by atoms with E-state index in [9.17, 15) is 105 Å². The minimum absolute atomic E-state index is 0. The number of allylic oxidation sites excluding steroid dienone is 4. The summed E-state index contributed by atoms with van der Waals surface area (Å²) < 4.78 is 274. The van der Waals surface area contributed by atoms with Crippen LogP contribution in [-0.4, -0.2) is 64.4 Å². The molecule has 99 heavy (non-hydrogen) atoms. The number of ether oxygens (including phenoxy) is 2. The smallest absolute Gasteiger partial charge is 0.462 e. The summed E-state index contributed by atoms with van der Waals surface area (Å²) in [6.07, 6.45) is -20.0. The standard InChI is InChI=1S/C38H33O2S2.4C6H.4C2F6.Ga.4H2/c1-28-11-9-10-16-38(28)42(35-23-19-33(20-24-35)40-31-14-7-4-8-15-31)36-25-26-37(29(2)27-36)41-34-21-17-32(18-22-34)39-30-12-5-3-6-13-30;4*1-3-5-6-4-2;4*3-1(4,5)2(6,7)8;;;;;/h3-5,7-12,14-27H,6,13H2,1-2H3;4*1H;;;;;;4*1H/q+1;;;;;;;;;-1;;;;. The molecule has 0 aliphatic heterocycles. The third kappa shape index (κ3) is 33.9. The molecule has 0 bridgehead atoms. The van der Waals surface area contributed by atoms with Crippen LogP contribution in [-0.2, 0) is 10.9 Å².